The predicted octanol–water partition coefficient (Wildman–Crippen LogP) is 4.92. The molecule has 0 unspecified atom stereocenters. The summed E-state index contributed by atoms with van der Waals surface area (Å²) in [6.45, 7) is 10.4. The lowest BCUT2D eigenvalue weighted by molar-refractivity contribution is 1.30. The summed E-state index contributed by atoms with van der Waals surface area (Å²) in [6.07, 6.45) is 0. The van der Waals surface area contributed by atoms with Gasteiger partial charge in [0.05, 0.1) is 1.37 Å². The van der Waals surface area contributed by atoms with Gasteiger partial charge in [0, 0.05) is 0 Å². The Morgan fingerprint density at radius 1 is 0.647 bits per heavy atom. The van der Waals surface area contributed by atoms with E-state index in [0.717, 1.165) is 0 Å². The maximum Gasteiger partial charge on any atom is 0.0623 e. The third-order valence-electron chi connectivity index (χ3n) is 2.74. The van der Waals surface area contributed by atoms with Crippen LogP contribution in [0, 0.1) is 34.6 Å². The van der Waals surface area contributed by atoms with E-state index >= 15 is 0 Å². The number of aryl methyl sites for hydroxylation is 5. The minimum Gasteiger partial charge on any atom is -0.0617 e. The average Bonchev–Trinajstić information content (AvgIpc) is 2.23. The maximum atomic E-state index is 7.28. The van der Waals surface area contributed by atoms with Crippen molar-refractivity contribution in [3.05, 3.63) is 70.3 Å². The maximum absolute atomic E-state index is 7.28. The molecule has 2 rings (SSSR count). The summed E-state index contributed by atoms with van der Waals surface area (Å²) in [7, 11) is 0. The zero-order chi connectivity index (χ0) is 13.7. The molecule has 0 heterocycles. The van der Waals surface area contributed by atoms with E-state index < -0.39 is 0 Å². The standard InChI is InChI=1S/C9H12.C8H10/c1-7-4-5-8(2)9(3)6-7;1-7-4-3-5-8(2)6-7/h4-6H,1-3H3;3-6H,1-2H3/i;3T. The first-order valence-electron chi connectivity index (χ1n) is 6.47. The van der Waals surface area contributed by atoms with Crippen LogP contribution in [0.4, 0.5) is 0 Å². The molecule has 0 saturated heterocycles. The fraction of sp³-hybridized carbons (Fsp3) is 0.294. The quantitative estimate of drug-likeness (QED) is 0.600. The van der Waals surface area contributed by atoms with Crippen molar-refractivity contribution in [1.29, 1.82) is 0 Å². The second-order valence-electron chi connectivity index (χ2n) is 4.68. The molecule has 0 N–H and O–H groups in total. The van der Waals surface area contributed by atoms with Crippen molar-refractivity contribution in [1.82, 2.24) is 0 Å². The fourth-order valence-electron chi connectivity index (χ4n) is 1.64. The first kappa shape index (κ1) is 11.9. The van der Waals surface area contributed by atoms with Gasteiger partial charge in [0.1, 0.15) is 0 Å². The Morgan fingerprint density at radius 2 is 1.18 bits per heavy atom. The molecular weight excluding hydrogens is 204 g/mol. The van der Waals surface area contributed by atoms with Gasteiger partial charge in [-0.25, -0.2) is 0 Å². The molecule has 0 aliphatic carbocycles. The average molecular weight is 228 g/mol. The van der Waals surface area contributed by atoms with Crippen LogP contribution in [-0.4, -0.2) is 0 Å². The van der Waals surface area contributed by atoms with Gasteiger partial charge < -0.3 is 0 Å². The zero-order valence-electron chi connectivity index (χ0n) is 12.5. The van der Waals surface area contributed by atoms with Crippen LogP contribution in [0.3, 0.4) is 0 Å². The van der Waals surface area contributed by atoms with Gasteiger partial charge in [-0.05, 0) is 45.7 Å². The molecule has 0 radical (unpaired) electrons. The molecule has 0 nitrogen and oxygen atoms in total. The minimum absolute atomic E-state index is 0.604. The molecule has 2 aromatic rings. The topological polar surface area (TPSA) is 0 Å². The van der Waals surface area contributed by atoms with Crippen molar-refractivity contribution in [2.75, 3.05) is 0 Å². The van der Waals surface area contributed by atoms with Gasteiger partial charge in [-0.1, -0.05) is 59.1 Å². The predicted molar refractivity (Wildman–Crippen MR) is 76.6 cm³/mol. The Labute approximate surface area is 107 Å². The third kappa shape index (κ3) is 4.86. The molecule has 0 spiro atoms. The van der Waals surface area contributed by atoms with E-state index in [-0.39, 0.29) is 0 Å². The van der Waals surface area contributed by atoms with E-state index in [4.69, 9.17) is 1.37 Å². The molecule has 90 valence electrons. The van der Waals surface area contributed by atoms with Crippen molar-refractivity contribution in [3.8, 4) is 0 Å². The Hall–Kier alpha value is -1.56. The molecule has 0 aliphatic heterocycles. The normalized spacial score (nSPS) is 10.3. The van der Waals surface area contributed by atoms with Crippen molar-refractivity contribution >= 4 is 0 Å². The Kier molecular flexibility index (Phi) is 4.37. The second-order valence-corrected chi connectivity index (χ2v) is 4.68. The summed E-state index contributed by atoms with van der Waals surface area (Å²) in [5.41, 5.74) is 6.44. The first-order chi connectivity index (χ1) is 8.38. The molecule has 0 fully saturated rings. The summed E-state index contributed by atoms with van der Waals surface area (Å²) in [5, 5.41) is 0. The van der Waals surface area contributed by atoms with Gasteiger partial charge >= 0.3 is 0 Å². The molecule has 0 bridgehead atoms. The lowest BCUT2D eigenvalue weighted by Crippen LogP contribution is -1.79. The SMILES string of the molecule is Cc1ccc(C)c(C)c1.[3H]c1cc(C)cc(C)c1. The Balaban J connectivity index is 0.000000180. The highest BCUT2D eigenvalue weighted by molar-refractivity contribution is 5.28. The van der Waals surface area contributed by atoms with Crippen LogP contribution >= 0.6 is 0 Å². The van der Waals surface area contributed by atoms with E-state index in [1.54, 1.807) is 0 Å². The number of hydrogen-bond acceptors (Lipinski definition) is 0. The molecule has 17 heavy (non-hydrogen) atoms. The molecule has 0 aromatic heterocycles. The molecule has 0 atom stereocenters. The van der Waals surface area contributed by atoms with Crippen LogP contribution < -0.4 is 0 Å². The Morgan fingerprint density at radius 3 is 1.59 bits per heavy atom. The van der Waals surface area contributed by atoms with E-state index in [9.17, 15) is 0 Å². The highest BCUT2D eigenvalue weighted by Gasteiger charge is 1.89. The van der Waals surface area contributed by atoms with Gasteiger partial charge in [-0.3, -0.25) is 0 Å². The van der Waals surface area contributed by atoms with Crippen LogP contribution in [0.2, 0.25) is 0 Å². The van der Waals surface area contributed by atoms with Gasteiger partial charge in [0.2, 0.25) is 0 Å². The molecule has 0 amide bonds. The molecule has 2 aromatic carbocycles. The highest BCUT2D eigenvalue weighted by atomic mass is 13.9. The van der Waals surface area contributed by atoms with Crippen molar-refractivity contribution in [3.63, 3.8) is 0 Å². The summed E-state index contributed by atoms with van der Waals surface area (Å²) < 4.78 is 7.28. The molecule has 0 aliphatic rings. The van der Waals surface area contributed by atoms with Gasteiger partial charge in [-0.2, -0.15) is 0 Å². The van der Waals surface area contributed by atoms with Crippen LogP contribution in [0.5, 0.6) is 0 Å². The fourth-order valence-corrected chi connectivity index (χ4v) is 1.64. The summed E-state index contributed by atoms with van der Waals surface area (Å²) in [6, 6.07) is 12.9. The van der Waals surface area contributed by atoms with E-state index in [1.165, 1.54) is 27.8 Å². The largest absolute Gasteiger partial charge is 0.0623 e. The van der Waals surface area contributed by atoms with Crippen molar-refractivity contribution in [2.24, 2.45) is 0 Å². The number of benzene rings is 2. The molecule has 0 heteroatoms. The molecular formula is C17H22. The molecule has 0 saturated carbocycles. The second kappa shape index (κ2) is 6.24. The van der Waals surface area contributed by atoms with Crippen LogP contribution in [0.1, 0.15) is 29.2 Å². The number of hydrogen-bond donors (Lipinski definition) is 0. The van der Waals surface area contributed by atoms with E-state index in [0.29, 0.717) is 6.04 Å². The van der Waals surface area contributed by atoms with Gasteiger partial charge in [0.25, 0.3) is 0 Å². The monoisotopic (exact) mass is 228 g/mol. The van der Waals surface area contributed by atoms with Gasteiger partial charge in [-0.15, -0.1) is 0 Å². The van der Waals surface area contributed by atoms with Crippen LogP contribution in [0.15, 0.2) is 42.4 Å². The van der Waals surface area contributed by atoms with E-state index in [1.807, 2.05) is 26.0 Å². The number of rotatable bonds is 0. The van der Waals surface area contributed by atoms with Gasteiger partial charge in [0.15, 0.2) is 0 Å². The van der Waals surface area contributed by atoms with Crippen molar-refractivity contribution < 1.29 is 1.37 Å². The van der Waals surface area contributed by atoms with E-state index in [2.05, 4.69) is 45.0 Å². The third-order valence-corrected chi connectivity index (χ3v) is 2.74. The minimum atomic E-state index is 0.604. The summed E-state index contributed by atoms with van der Waals surface area (Å²) in [4.78, 5) is 0. The smallest absolute Gasteiger partial charge is 0.0617 e. The summed E-state index contributed by atoms with van der Waals surface area (Å²) in [5.74, 6) is 0. The summed E-state index contributed by atoms with van der Waals surface area (Å²) >= 11 is 0. The van der Waals surface area contributed by atoms with Crippen LogP contribution in [0.25, 0.3) is 0 Å². The van der Waals surface area contributed by atoms with Crippen LogP contribution in [-0.2, 0) is 0 Å². The Bertz CT molecular complexity index is 477. The lowest BCUT2D eigenvalue weighted by atomic mass is 10.1. The first-order valence-corrected chi connectivity index (χ1v) is 5.97. The highest BCUT2D eigenvalue weighted by Crippen LogP contribution is 2.07. The van der Waals surface area contributed by atoms with Crippen molar-refractivity contribution in [2.45, 2.75) is 34.6 Å². The lowest BCUT2D eigenvalue weighted by Gasteiger charge is -1.98. The zero-order valence-corrected chi connectivity index (χ0v) is 11.5.